The van der Waals surface area contributed by atoms with E-state index in [1.165, 1.54) is 70.6 Å². The summed E-state index contributed by atoms with van der Waals surface area (Å²) in [6.07, 6.45) is 17.6. The van der Waals surface area contributed by atoms with Crippen LogP contribution in [0.25, 0.3) is 0 Å². The van der Waals surface area contributed by atoms with Crippen LogP contribution in [0.3, 0.4) is 0 Å². The number of carbonyl (C=O) groups excluding carboxylic acids is 1. The van der Waals surface area contributed by atoms with Gasteiger partial charge in [-0.3, -0.25) is 9.32 Å². The highest BCUT2D eigenvalue weighted by atomic mass is 31.2. The molecule has 0 aromatic rings. The number of phosphoric ester groups is 1. The van der Waals surface area contributed by atoms with Crippen molar-refractivity contribution in [1.82, 2.24) is 5.32 Å². The summed E-state index contributed by atoms with van der Waals surface area (Å²) in [5, 5.41) is 2.99. The first-order valence-corrected chi connectivity index (χ1v) is 16.4. The highest BCUT2D eigenvalue weighted by Crippen LogP contribution is 2.39. The molecule has 9 heteroatoms. The third-order valence-corrected chi connectivity index (χ3v) is 7.02. The van der Waals surface area contributed by atoms with E-state index in [1.54, 1.807) is 0 Å². The molecule has 8 nitrogen and oxygen atoms in total. The Hall–Kier alpha value is -0.500. The third-order valence-electron chi connectivity index (χ3n) is 6.45. The fraction of sp³-hybridized carbons (Fsp3) is 0.964. The standard InChI is InChI=1S/C28H59N2O6P/c1-6-8-10-12-14-15-16-17-19-21-28(31)29-24-26(35-22-20-18-13-11-9-7-2)23-27(25-30(3,4)5)36-37(32,33)34/h26-27H,6-25H2,1-5H3,(H2-,29,31,32,33,34)/p+1. The van der Waals surface area contributed by atoms with Crippen LogP contribution in [0.15, 0.2) is 0 Å². The molecule has 37 heavy (non-hydrogen) atoms. The summed E-state index contributed by atoms with van der Waals surface area (Å²) in [7, 11) is 1.23. The Labute approximate surface area is 228 Å². The minimum atomic E-state index is -4.64. The number of nitrogens with one attached hydrogen (secondary N) is 1. The number of hydrogen-bond acceptors (Lipinski definition) is 4. The maximum Gasteiger partial charge on any atom is 0.470 e. The van der Waals surface area contributed by atoms with Crippen molar-refractivity contribution in [3.05, 3.63) is 0 Å². The van der Waals surface area contributed by atoms with Crippen LogP contribution in [0.1, 0.15) is 123 Å². The van der Waals surface area contributed by atoms with Crippen molar-refractivity contribution in [2.75, 3.05) is 40.8 Å². The van der Waals surface area contributed by atoms with E-state index in [0.717, 1.165) is 25.7 Å². The molecular weight excluding hydrogens is 491 g/mol. The quantitative estimate of drug-likeness (QED) is 0.0658. The first kappa shape index (κ1) is 36.5. The summed E-state index contributed by atoms with van der Waals surface area (Å²) >= 11 is 0. The van der Waals surface area contributed by atoms with Crippen molar-refractivity contribution in [2.24, 2.45) is 0 Å². The lowest BCUT2D eigenvalue weighted by molar-refractivity contribution is -0.873. The van der Waals surface area contributed by atoms with Crippen molar-refractivity contribution < 1.29 is 32.9 Å². The van der Waals surface area contributed by atoms with Crippen molar-refractivity contribution in [3.8, 4) is 0 Å². The molecule has 0 heterocycles. The van der Waals surface area contributed by atoms with Crippen LogP contribution in [0.2, 0.25) is 0 Å². The van der Waals surface area contributed by atoms with Gasteiger partial charge in [0.25, 0.3) is 0 Å². The van der Waals surface area contributed by atoms with Gasteiger partial charge in [0.1, 0.15) is 12.6 Å². The summed E-state index contributed by atoms with van der Waals surface area (Å²) in [5.74, 6) is 0.00942. The average Bonchev–Trinajstić information content (AvgIpc) is 2.78. The number of amides is 1. The Morgan fingerprint density at radius 1 is 0.784 bits per heavy atom. The predicted molar refractivity (Wildman–Crippen MR) is 152 cm³/mol. The van der Waals surface area contributed by atoms with E-state index in [4.69, 9.17) is 9.26 Å². The van der Waals surface area contributed by atoms with Crippen molar-refractivity contribution >= 4 is 13.7 Å². The average molecular weight is 552 g/mol. The van der Waals surface area contributed by atoms with Crippen LogP contribution in [0.5, 0.6) is 0 Å². The van der Waals surface area contributed by atoms with Gasteiger partial charge in [0, 0.05) is 26.0 Å². The fourth-order valence-corrected chi connectivity index (χ4v) is 5.05. The van der Waals surface area contributed by atoms with Gasteiger partial charge in [0.05, 0.1) is 27.2 Å². The van der Waals surface area contributed by atoms with Crippen LogP contribution >= 0.6 is 7.82 Å². The number of rotatable bonds is 26. The molecular formula is C28H60N2O6P+. The monoisotopic (exact) mass is 551 g/mol. The second kappa shape index (κ2) is 22.3. The van der Waals surface area contributed by atoms with Gasteiger partial charge in [-0.15, -0.1) is 0 Å². The first-order valence-electron chi connectivity index (χ1n) is 14.9. The molecule has 2 unspecified atom stereocenters. The number of hydrogen-bond donors (Lipinski definition) is 3. The van der Waals surface area contributed by atoms with E-state index >= 15 is 0 Å². The lowest BCUT2D eigenvalue weighted by Crippen LogP contribution is -2.45. The van der Waals surface area contributed by atoms with Gasteiger partial charge in [-0.2, -0.15) is 0 Å². The van der Waals surface area contributed by atoms with E-state index in [9.17, 15) is 19.1 Å². The largest absolute Gasteiger partial charge is 0.470 e. The molecule has 0 aromatic carbocycles. The molecule has 0 fully saturated rings. The molecule has 0 spiro atoms. The SMILES string of the molecule is CCCCCCCCCCCC(=O)NCC(CC(C[N+](C)(C)C)OP(=O)(O)O)OCCCCCCCC. The Kier molecular flexibility index (Phi) is 22.0. The predicted octanol–water partition coefficient (Wildman–Crippen LogP) is 6.34. The summed E-state index contributed by atoms with van der Waals surface area (Å²) in [6.45, 7) is 5.75. The second-order valence-electron chi connectivity index (χ2n) is 11.6. The molecule has 0 aliphatic carbocycles. The summed E-state index contributed by atoms with van der Waals surface area (Å²) in [4.78, 5) is 31.3. The maximum absolute atomic E-state index is 12.4. The van der Waals surface area contributed by atoms with Gasteiger partial charge in [-0.25, -0.2) is 4.57 Å². The normalized spacial score (nSPS) is 14.0. The molecule has 0 saturated heterocycles. The maximum atomic E-state index is 12.4. The topological polar surface area (TPSA) is 105 Å². The molecule has 0 aromatic heterocycles. The van der Waals surface area contributed by atoms with Crippen LogP contribution in [-0.4, -0.2) is 73.2 Å². The van der Waals surface area contributed by atoms with Crippen LogP contribution in [-0.2, 0) is 18.6 Å². The molecule has 0 rings (SSSR count). The number of phosphoric acid groups is 1. The molecule has 2 atom stereocenters. The first-order chi connectivity index (χ1) is 17.5. The van der Waals surface area contributed by atoms with Gasteiger partial charge >= 0.3 is 7.82 Å². The number of likely N-dealkylation sites (N-methyl/N-ethyl adjacent to an activating group) is 1. The number of ether oxygens (including phenoxy) is 1. The van der Waals surface area contributed by atoms with Crippen molar-refractivity contribution in [1.29, 1.82) is 0 Å². The second-order valence-corrected chi connectivity index (χ2v) is 12.8. The van der Waals surface area contributed by atoms with E-state index in [-0.39, 0.29) is 12.0 Å². The Bertz CT molecular complexity index is 594. The molecule has 0 bridgehead atoms. The van der Waals surface area contributed by atoms with Gasteiger partial charge < -0.3 is 24.3 Å². The minimum absolute atomic E-state index is 0.00942. The van der Waals surface area contributed by atoms with Crippen LogP contribution in [0, 0.1) is 0 Å². The number of carbonyl (C=O) groups is 1. The van der Waals surface area contributed by atoms with Crippen molar-refractivity contribution in [3.63, 3.8) is 0 Å². The summed E-state index contributed by atoms with van der Waals surface area (Å²) in [5.41, 5.74) is 0. The molecule has 0 saturated carbocycles. The molecule has 0 radical (unpaired) electrons. The van der Waals surface area contributed by atoms with E-state index in [2.05, 4.69) is 19.2 Å². The molecule has 3 N–H and O–H groups in total. The van der Waals surface area contributed by atoms with Gasteiger partial charge in [0.2, 0.25) is 5.91 Å². The minimum Gasteiger partial charge on any atom is -0.376 e. The Morgan fingerprint density at radius 3 is 1.76 bits per heavy atom. The van der Waals surface area contributed by atoms with Gasteiger partial charge in [-0.1, -0.05) is 97.3 Å². The van der Waals surface area contributed by atoms with Crippen LogP contribution in [0.4, 0.5) is 0 Å². The number of quaternary nitrogens is 1. The highest BCUT2D eigenvalue weighted by Gasteiger charge is 2.30. The molecule has 1 amide bonds. The number of nitrogens with zero attached hydrogens (tertiary/aromatic N) is 1. The Morgan fingerprint density at radius 2 is 1.27 bits per heavy atom. The highest BCUT2D eigenvalue weighted by molar-refractivity contribution is 7.46. The molecule has 222 valence electrons. The molecule has 0 aliphatic heterocycles. The lowest BCUT2D eigenvalue weighted by Gasteiger charge is -2.31. The summed E-state index contributed by atoms with van der Waals surface area (Å²) < 4.78 is 23.3. The third kappa shape index (κ3) is 26.9. The zero-order chi connectivity index (χ0) is 28.0. The molecule has 0 aliphatic rings. The fourth-order valence-electron chi connectivity index (χ4n) is 4.50. The van der Waals surface area contributed by atoms with E-state index in [0.29, 0.717) is 37.0 Å². The van der Waals surface area contributed by atoms with E-state index in [1.807, 2.05) is 21.1 Å². The van der Waals surface area contributed by atoms with E-state index < -0.39 is 13.9 Å². The summed E-state index contributed by atoms with van der Waals surface area (Å²) in [6, 6.07) is 0. The smallest absolute Gasteiger partial charge is 0.376 e. The van der Waals surface area contributed by atoms with Crippen LogP contribution < -0.4 is 5.32 Å². The lowest BCUT2D eigenvalue weighted by atomic mass is 10.1. The Balaban J connectivity index is 4.61. The van der Waals surface area contributed by atoms with Gasteiger partial charge in [0.15, 0.2) is 0 Å². The van der Waals surface area contributed by atoms with Crippen molar-refractivity contribution in [2.45, 2.75) is 135 Å². The number of unbranched alkanes of at least 4 members (excludes halogenated alkanes) is 13. The van der Waals surface area contributed by atoms with Gasteiger partial charge in [-0.05, 0) is 12.8 Å². The zero-order valence-electron chi connectivity index (χ0n) is 24.7. The zero-order valence-corrected chi connectivity index (χ0v) is 25.6.